The Bertz CT molecular complexity index is 391. The molecule has 0 aliphatic heterocycles. The fourth-order valence-corrected chi connectivity index (χ4v) is 1.79. The highest BCUT2D eigenvalue weighted by Crippen LogP contribution is 2.31. The van der Waals surface area contributed by atoms with Gasteiger partial charge in [0, 0.05) is 5.92 Å². The quantitative estimate of drug-likeness (QED) is 0.730. The molecular formula is C13H14O3. The van der Waals surface area contributed by atoms with Gasteiger partial charge in [0.05, 0.1) is 5.56 Å². The van der Waals surface area contributed by atoms with Gasteiger partial charge in [0.2, 0.25) is 0 Å². The third-order valence-electron chi connectivity index (χ3n) is 2.95. The van der Waals surface area contributed by atoms with Crippen LogP contribution in [0.5, 0.6) is 0 Å². The molecule has 0 N–H and O–H groups in total. The van der Waals surface area contributed by atoms with Crippen LogP contribution in [0.1, 0.15) is 30.1 Å². The Balaban J connectivity index is 1.84. The van der Waals surface area contributed by atoms with Gasteiger partial charge < -0.3 is 4.74 Å². The smallest absolute Gasteiger partial charge is 0.338 e. The van der Waals surface area contributed by atoms with Crippen LogP contribution in [0.25, 0.3) is 0 Å². The predicted molar refractivity (Wildman–Crippen MR) is 59.1 cm³/mol. The first-order chi connectivity index (χ1) is 7.66. The number of ketones is 1. The Kier molecular flexibility index (Phi) is 3.04. The fourth-order valence-electron chi connectivity index (χ4n) is 1.79. The summed E-state index contributed by atoms with van der Waals surface area (Å²) in [6.07, 6.45) is 1.27. The van der Waals surface area contributed by atoms with Crippen LogP contribution in [-0.4, -0.2) is 17.9 Å². The maximum Gasteiger partial charge on any atom is 0.338 e. The zero-order valence-electron chi connectivity index (χ0n) is 9.18. The summed E-state index contributed by atoms with van der Waals surface area (Å²) in [7, 11) is 0. The van der Waals surface area contributed by atoms with Crippen LogP contribution in [0.3, 0.4) is 0 Å². The van der Waals surface area contributed by atoms with Gasteiger partial charge in [-0.15, -0.1) is 0 Å². The van der Waals surface area contributed by atoms with E-state index in [4.69, 9.17) is 4.74 Å². The molecule has 1 aromatic carbocycles. The van der Waals surface area contributed by atoms with Crippen molar-refractivity contribution in [2.24, 2.45) is 5.92 Å². The first-order valence-corrected chi connectivity index (χ1v) is 5.43. The molecule has 1 saturated carbocycles. The summed E-state index contributed by atoms with van der Waals surface area (Å²) in [4.78, 5) is 22.6. The van der Waals surface area contributed by atoms with Crippen molar-refractivity contribution in [2.75, 3.05) is 0 Å². The van der Waals surface area contributed by atoms with Gasteiger partial charge in [0.25, 0.3) is 0 Å². The van der Waals surface area contributed by atoms with Crippen LogP contribution in [0.4, 0.5) is 0 Å². The van der Waals surface area contributed by atoms with E-state index >= 15 is 0 Å². The summed E-state index contributed by atoms with van der Waals surface area (Å²) < 4.78 is 5.26. The van der Waals surface area contributed by atoms with E-state index in [1.54, 1.807) is 31.2 Å². The van der Waals surface area contributed by atoms with Crippen molar-refractivity contribution in [3.63, 3.8) is 0 Å². The highest BCUT2D eigenvalue weighted by Gasteiger charge is 2.35. The SMILES string of the molecule is CC(=O)C1CC(OC(=O)c2ccccc2)C1. The minimum atomic E-state index is -0.299. The third-order valence-corrected chi connectivity index (χ3v) is 2.95. The first-order valence-electron chi connectivity index (χ1n) is 5.43. The minimum Gasteiger partial charge on any atom is -0.459 e. The lowest BCUT2D eigenvalue weighted by atomic mass is 9.80. The summed E-state index contributed by atoms with van der Waals surface area (Å²) in [5, 5.41) is 0. The number of esters is 1. The average molecular weight is 218 g/mol. The number of Topliss-reactive ketones (excluding diaryl/α,β-unsaturated/α-hetero) is 1. The molecule has 0 atom stereocenters. The number of carbonyl (C=O) groups excluding carboxylic acids is 2. The monoisotopic (exact) mass is 218 g/mol. The van der Waals surface area contributed by atoms with Crippen LogP contribution < -0.4 is 0 Å². The first kappa shape index (κ1) is 10.9. The number of hydrogen-bond donors (Lipinski definition) is 0. The van der Waals surface area contributed by atoms with E-state index in [0.717, 1.165) is 0 Å². The molecule has 0 saturated heterocycles. The van der Waals surface area contributed by atoms with E-state index in [0.29, 0.717) is 18.4 Å². The molecule has 1 fully saturated rings. The van der Waals surface area contributed by atoms with Crippen molar-refractivity contribution in [1.29, 1.82) is 0 Å². The number of ether oxygens (including phenoxy) is 1. The highest BCUT2D eigenvalue weighted by molar-refractivity contribution is 5.89. The molecule has 3 heteroatoms. The van der Waals surface area contributed by atoms with Gasteiger partial charge in [-0.2, -0.15) is 0 Å². The van der Waals surface area contributed by atoms with Crippen LogP contribution in [0.2, 0.25) is 0 Å². The maximum absolute atomic E-state index is 11.6. The Hall–Kier alpha value is -1.64. The van der Waals surface area contributed by atoms with Crippen molar-refractivity contribution in [1.82, 2.24) is 0 Å². The van der Waals surface area contributed by atoms with E-state index in [-0.39, 0.29) is 23.8 Å². The Morgan fingerprint density at radius 3 is 2.38 bits per heavy atom. The highest BCUT2D eigenvalue weighted by atomic mass is 16.5. The van der Waals surface area contributed by atoms with Crippen molar-refractivity contribution in [3.05, 3.63) is 35.9 Å². The molecule has 0 bridgehead atoms. The molecule has 0 spiro atoms. The molecule has 16 heavy (non-hydrogen) atoms. The van der Waals surface area contributed by atoms with Gasteiger partial charge in [0.15, 0.2) is 0 Å². The molecule has 1 aromatic rings. The van der Waals surface area contributed by atoms with E-state index in [9.17, 15) is 9.59 Å². The van der Waals surface area contributed by atoms with Crippen LogP contribution in [0, 0.1) is 5.92 Å². The molecule has 0 unspecified atom stereocenters. The summed E-state index contributed by atoms with van der Waals surface area (Å²) in [6.45, 7) is 1.58. The standard InChI is InChI=1S/C13H14O3/c1-9(14)11-7-12(8-11)16-13(15)10-5-3-2-4-6-10/h2-6,11-12H,7-8H2,1H3. The topological polar surface area (TPSA) is 43.4 Å². The normalized spacial score (nSPS) is 23.3. The number of hydrogen-bond acceptors (Lipinski definition) is 3. The van der Waals surface area contributed by atoms with E-state index in [1.807, 2.05) is 6.07 Å². The number of carbonyl (C=O) groups is 2. The molecule has 0 amide bonds. The summed E-state index contributed by atoms with van der Waals surface area (Å²) >= 11 is 0. The Morgan fingerprint density at radius 1 is 1.19 bits per heavy atom. The van der Waals surface area contributed by atoms with Crippen molar-refractivity contribution in [2.45, 2.75) is 25.9 Å². The minimum absolute atomic E-state index is 0.0818. The van der Waals surface area contributed by atoms with E-state index < -0.39 is 0 Å². The second kappa shape index (κ2) is 4.47. The van der Waals surface area contributed by atoms with Crippen molar-refractivity contribution >= 4 is 11.8 Å². The van der Waals surface area contributed by atoms with Crippen LogP contribution in [0.15, 0.2) is 30.3 Å². The fraction of sp³-hybridized carbons (Fsp3) is 0.385. The summed E-state index contributed by atoms with van der Waals surface area (Å²) in [5.41, 5.74) is 0.564. The lowest BCUT2D eigenvalue weighted by Gasteiger charge is -2.32. The number of rotatable bonds is 3. The lowest BCUT2D eigenvalue weighted by molar-refractivity contribution is -0.127. The van der Waals surface area contributed by atoms with E-state index in [2.05, 4.69) is 0 Å². The second-order valence-electron chi connectivity index (χ2n) is 4.17. The molecule has 0 aromatic heterocycles. The Labute approximate surface area is 94.4 Å². The van der Waals surface area contributed by atoms with Gasteiger partial charge in [-0.1, -0.05) is 18.2 Å². The van der Waals surface area contributed by atoms with Crippen molar-refractivity contribution in [3.8, 4) is 0 Å². The maximum atomic E-state index is 11.6. The second-order valence-corrected chi connectivity index (χ2v) is 4.17. The predicted octanol–water partition coefficient (Wildman–Crippen LogP) is 2.21. The van der Waals surface area contributed by atoms with Gasteiger partial charge in [0.1, 0.15) is 11.9 Å². The van der Waals surface area contributed by atoms with E-state index in [1.165, 1.54) is 0 Å². The van der Waals surface area contributed by atoms with Crippen LogP contribution >= 0.6 is 0 Å². The molecule has 2 rings (SSSR count). The van der Waals surface area contributed by atoms with Crippen molar-refractivity contribution < 1.29 is 14.3 Å². The van der Waals surface area contributed by atoms with Gasteiger partial charge in [-0.3, -0.25) is 4.79 Å². The molecule has 0 radical (unpaired) electrons. The molecular weight excluding hydrogens is 204 g/mol. The number of benzene rings is 1. The third kappa shape index (κ3) is 2.30. The van der Waals surface area contributed by atoms with Gasteiger partial charge in [-0.05, 0) is 31.9 Å². The Morgan fingerprint density at radius 2 is 1.81 bits per heavy atom. The molecule has 0 heterocycles. The van der Waals surface area contributed by atoms with Crippen LogP contribution in [-0.2, 0) is 9.53 Å². The molecule has 1 aliphatic rings. The largest absolute Gasteiger partial charge is 0.459 e. The average Bonchev–Trinajstić information content (AvgIpc) is 2.23. The summed E-state index contributed by atoms with van der Waals surface area (Å²) in [5.74, 6) is -0.0202. The van der Waals surface area contributed by atoms with Gasteiger partial charge >= 0.3 is 5.97 Å². The molecule has 3 nitrogen and oxygen atoms in total. The lowest BCUT2D eigenvalue weighted by Crippen LogP contribution is -2.36. The molecule has 1 aliphatic carbocycles. The van der Waals surface area contributed by atoms with Gasteiger partial charge in [-0.25, -0.2) is 4.79 Å². The zero-order chi connectivity index (χ0) is 11.5. The zero-order valence-corrected chi connectivity index (χ0v) is 9.18. The molecule has 84 valence electrons. The summed E-state index contributed by atoms with van der Waals surface area (Å²) in [6, 6.07) is 8.91.